The number of hydrogen-bond donors (Lipinski definition) is 1. The van der Waals surface area contributed by atoms with Gasteiger partial charge in [-0.3, -0.25) is 10.1 Å². The third kappa shape index (κ3) is 3.65. The first-order valence-electron chi connectivity index (χ1n) is 5.56. The van der Waals surface area contributed by atoms with Crippen molar-refractivity contribution >= 4 is 34.0 Å². The van der Waals surface area contributed by atoms with Crippen LogP contribution in [0.4, 0.5) is 5.13 Å². The van der Waals surface area contributed by atoms with E-state index in [-0.39, 0.29) is 5.91 Å². The van der Waals surface area contributed by atoms with Crippen molar-refractivity contribution in [1.82, 2.24) is 10.2 Å². The van der Waals surface area contributed by atoms with Crippen molar-refractivity contribution in [2.24, 2.45) is 0 Å². The Balaban J connectivity index is 2.00. The number of carbonyl (C=O) groups is 1. The number of hydrogen-bond acceptors (Lipinski definition) is 5. The van der Waals surface area contributed by atoms with Crippen LogP contribution < -0.4 is 10.1 Å². The number of aromatic nitrogens is 2. The van der Waals surface area contributed by atoms with Gasteiger partial charge in [0.2, 0.25) is 5.13 Å². The summed E-state index contributed by atoms with van der Waals surface area (Å²) in [4.78, 5) is 11.9. The van der Waals surface area contributed by atoms with E-state index >= 15 is 0 Å². The van der Waals surface area contributed by atoms with Crippen molar-refractivity contribution in [1.29, 1.82) is 0 Å². The molecule has 5 nitrogen and oxygen atoms in total. The second-order valence-electron chi connectivity index (χ2n) is 3.90. The van der Waals surface area contributed by atoms with Crippen LogP contribution in [-0.2, 0) is 4.79 Å². The number of rotatable bonds is 4. The fourth-order valence-electron chi connectivity index (χ4n) is 1.42. The quantitative estimate of drug-likeness (QED) is 0.942. The first kappa shape index (κ1) is 13.8. The fourth-order valence-corrected chi connectivity index (χ4v) is 2.10. The van der Waals surface area contributed by atoms with Crippen LogP contribution in [0.25, 0.3) is 0 Å². The smallest absolute Gasteiger partial charge is 0.266 e. The summed E-state index contributed by atoms with van der Waals surface area (Å²) in [5.74, 6) is 0.357. The van der Waals surface area contributed by atoms with Crippen LogP contribution in [0, 0.1) is 6.92 Å². The molecule has 1 N–H and O–H groups in total. The third-order valence-corrected chi connectivity index (χ3v) is 3.24. The normalized spacial score (nSPS) is 11.9. The molecular weight excluding hydrogens is 286 g/mol. The summed E-state index contributed by atoms with van der Waals surface area (Å²) < 4.78 is 5.60. The summed E-state index contributed by atoms with van der Waals surface area (Å²) >= 11 is 7.12. The van der Waals surface area contributed by atoms with E-state index in [1.165, 1.54) is 11.3 Å². The maximum Gasteiger partial charge on any atom is 0.266 e. The van der Waals surface area contributed by atoms with Crippen LogP contribution in [0.2, 0.25) is 5.02 Å². The summed E-state index contributed by atoms with van der Waals surface area (Å²) in [6.07, 6.45) is -0.635. The highest BCUT2D eigenvalue weighted by Crippen LogP contribution is 2.23. The van der Waals surface area contributed by atoms with Crippen LogP contribution in [0.15, 0.2) is 23.7 Å². The van der Waals surface area contributed by atoms with Gasteiger partial charge in [-0.15, -0.1) is 10.2 Å². The summed E-state index contributed by atoms with van der Waals surface area (Å²) in [5, 5.41) is 11.1. The average molecular weight is 298 g/mol. The highest BCUT2D eigenvalue weighted by molar-refractivity contribution is 7.13. The van der Waals surface area contributed by atoms with Crippen LogP contribution in [0.3, 0.4) is 0 Å². The molecule has 1 atom stereocenters. The molecule has 0 saturated heterocycles. The number of carbonyl (C=O) groups excluding carboxylic acids is 1. The number of nitrogens with zero attached hydrogens (tertiary/aromatic N) is 2. The Hall–Kier alpha value is -1.66. The standard InChI is InChI=1S/C12H12ClN3O2S/c1-7-5-9(13)3-4-10(7)18-8(2)11(17)15-12-16-14-6-19-12/h3-6,8H,1-2H3,(H,15,16,17). The van der Waals surface area contributed by atoms with Crippen LogP contribution in [0.1, 0.15) is 12.5 Å². The van der Waals surface area contributed by atoms with Gasteiger partial charge in [-0.25, -0.2) is 0 Å². The first-order valence-corrected chi connectivity index (χ1v) is 6.82. The lowest BCUT2D eigenvalue weighted by Gasteiger charge is -2.15. The average Bonchev–Trinajstić information content (AvgIpc) is 2.85. The van der Waals surface area contributed by atoms with Crippen LogP contribution in [-0.4, -0.2) is 22.2 Å². The monoisotopic (exact) mass is 297 g/mol. The Kier molecular flexibility index (Phi) is 4.34. The Morgan fingerprint density at radius 1 is 1.53 bits per heavy atom. The summed E-state index contributed by atoms with van der Waals surface area (Å²) in [6, 6.07) is 5.25. The zero-order valence-electron chi connectivity index (χ0n) is 10.4. The highest BCUT2D eigenvalue weighted by atomic mass is 35.5. The minimum Gasteiger partial charge on any atom is -0.481 e. The molecular formula is C12H12ClN3O2S. The van der Waals surface area contributed by atoms with Gasteiger partial charge < -0.3 is 4.74 Å². The number of amides is 1. The topological polar surface area (TPSA) is 64.1 Å². The van der Waals surface area contributed by atoms with Gasteiger partial charge in [0.1, 0.15) is 11.3 Å². The molecule has 19 heavy (non-hydrogen) atoms. The predicted molar refractivity (Wildman–Crippen MR) is 74.8 cm³/mol. The van der Waals surface area contributed by atoms with Gasteiger partial charge >= 0.3 is 0 Å². The van der Waals surface area contributed by atoms with E-state index in [2.05, 4.69) is 15.5 Å². The number of benzene rings is 1. The van der Waals surface area contributed by atoms with E-state index in [4.69, 9.17) is 16.3 Å². The summed E-state index contributed by atoms with van der Waals surface area (Å²) in [6.45, 7) is 3.54. The second-order valence-corrected chi connectivity index (χ2v) is 5.17. The predicted octanol–water partition coefficient (Wildman–Crippen LogP) is 2.91. The van der Waals surface area contributed by atoms with Gasteiger partial charge in [-0.2, -0.15) is 0 Å². The van der Waals surface area contributed by atoms with Gasteiger partial charge in [0.25, 0.3) is 5.91 Å². The zero-order valence-corrected chi connectivity index (χ0v) is 12.0. The van der Waals surface area contributed by atoms with Crippen LogP contribution in [0.5, 0.6) is 5.75 Å². The van der Waals surface area contributed by atoms with E-state index in [0.717, 1.165) is 5.56 Å². The second kappa shape index (κ2) is 5.99. The van der Waals surface area contributed by atoms with Crippen molar-refractivity contribution in [2.75, 3.05) is 5.32 Å². The van der Waals surface area contributed by atoms with Gasteiger partial charge in [-0.05, 0) is 37.6 Å². The summed E-state index contributed by atoms with van der Waals surface area (Å²) in [7, 11) is 0. The molecule has 1 heterocycles. The Morgan fingerprint density at radius 2 is 2.32 bits per heavy atom. The lowest BCUT2D eigenvalue weighted by molar-refractivity contribution is -0.122. The Labute approximate surface area is 119 Å². The molecule has 1 unspecified atom stereocenters. The molecule has 0 aliphatic carbocycles. The van der Waals surface area contributed by atoms with E-state index in [0.29, 0.717) is 15.9 Å². The molecule has 7 heteroatoms. The van der Waals surface area contributed by atoms with E-state index in [9.17, 15) is 4.79 Å². The molecule has 0 fully saturated rings. The van der Waals surface area contributed by atoms with Crippen molar-refractivity contribution in [2.45, 2.75) is 20.0 Å². The van der Waals surface area contributed by atoms with Crippen molar-refractivity contribution in [3.05, 3.63) is 34.3 Å². The Bertz CT molecular complexity index is 574. The molecule has 0 spiro atoms. The van der Waals surface area contributed by atoms with Gasteiger partial charge in [-0.1, -0.05) is 22.9 Å². The lowest BCUT2D eigenvalue weighted by atomic mass is 10.2. The number of nitrogens with one attached hydrogen (secondary N) is 1. The minimum absolute atomic E-state index is 0.272. The van der Waals surface area contributed by atoms with Gasteiger partial charge in [0.15, 0.2) is 6.10 Å². The van der Waals surface area contributed by atoms with Crippen molar-refractivity contribution in [3.8, 4) is 5.75 Å². The van der Waals surface area contributed by atoms with E-state index < -0.39 is 6.10 Å². The lowest BCUT2D eigenvalue weighted by Crippen LogP contribution is -2.30. The third-order valence-electron chi connectivity index (χ3n) is 2.40. The molecule has 1 amide bonds. The molecule has 0 saturated carbocycles. The maximum atomic E-state index is 11.9. The SMILES string of the molecule is Cc1cc(Cl)ccc1OC(C)C(=O)Nc1nncs1. The summed E-state index contributed by atoms with van der Waals surface area (Å²) in [5.41, 5.74) is 2.42. The molecule has 0 aliphatic rings. The van der Waals surface area contributed by atoms with Crippen molar-refractivity contribution < 1.29 is 9.53 Å². The highest BCUT2D eigenvalue weighted by Gasteiger charge is 2.16. The Morgan fingerprint density at radius 3 is 2.95 bits per heavy atom. The molecule has 2 aromatic rings. The van der Waals surface area contributed by atoms with Crippen LogP contribution >= 0.6 is 22.9 Å². The van der Waals surface area contributed by atoms with E-state index in [1.54, 1.807) is 30.6 Å². The maximum absolute atomic E-state index is 11.9. The largest absolute Gasteiger partial charge is 0.481 e. The fraction of sp³-hybridized carbons (Fsp3) is 0.250. The number of halogens is 1. The van der Waals surface area contributed by atoms with Crippen molar-refractivity contribution in [3.63, 3.8) is 0 Å². The number of ether oxygens (including phenoxy) is 1. The molecule has 0 radical (unpaired) electrons. The van der Waals surface area contributed by atoms with Gasteiger partial charge in [0, 0.05) is 5.02 Å². The number of aryl methyl sites for hydroxylation is 1. The molecule has 0 aliphatic heterocycles. The van der Waals surface area contributed by atoms with Gasteiger partial charge in [0.05, 0.1) is 0 Å². The first-order chi connectivity index (χ1) is 9.06. The molecule has 2 rings (SSSR count). The minimum atomic E-state index is -0.635. The van der Waals surface area contributed by atoms with E-state index in [1.807, 2.05) is 6.92 Å². The molecule has 1 aromatic heterocycles. The number of anilines is 1. The zero-order chi connectivity index (χ0) is 13.8. The molecule has 1 aromatic carbocycles. The molecule has 100 valence electrons. The molecule has 0 bridgehead atoms.